The second-order valence-electron chi connectivity index (χ2n) is 5.69. The molecule has 1 amide bonds. The third-order valence-corrected chi connectivity index (χ3v) is 3.48. The van der Waals surface area contributed by atoms with Gasteiger partial charge in [-0.1, -0.05) is 0 Å². The molecule has 7 heteroatoms. The van der Waals surface area contributed by atoms with Gasteiger partial charge >= 0.3 is 0 Å². The predicted molar refractivity (Wildman–Crippen MR) is 80.7 cm³/mol. The molecule has 0 unspecified atom stereocenters. The van der Waals surface area contributed by atoms with Crippen LogP contribution in [0.4, 0.5) is 11.4 Å². The van der Waals surface area contributed by atoms with Crippen LogP contribution in [0.3, 0.4) is 0 Å². The highest BCUT2D eigenvalue weighted by molar-refractivity contribution is 5.95. The van der Waals surface area contributed by atoms with Crippen molar-refractivity contribution in [3.8, 4) is 0 Å². The maximum atomic E-state index is 12.0. The molecule has 1 aromatic rings. The zero-order chi connectivity index (χ0) is 16.4. The van der Waals surface area contributed by atoms with Crippen LogP contribution < -0.4 is 4.90 Å². The molecule has 0 atom stereocenters. The first kappa shape index (κ1) is 16.9. The number of aliphatic hydroxyl groups is 1. The van der Waals surface area contributed by atoms with E-state index in [1.165, 1.54) is 23.1 Å². The maximum absolute atomic E-state index is 12.0. The van der Waals surface area contributed by atoms with Crippen LogP contribution in [0.15, 0.2) is 18.2 Å². The average molecular weight is 295 g/mol. The summed E-state index contributed by atoms with van der Waals surface area (Å²) in [6.45, 7) is 3.35. The lowest BCUT2D eigenvalue weighted by Gasteiger charge is -2.35. The van der Waals surface area contributed by atoms with Crippen LogP contribution in [0.1, 0.15) is 24.2 Å². The quantitative estimate of drug-likeness (QED) is 0.657. The third kappa shape index (κ3) is 3.49. The highest BCUT2D eigenvalue weighted by atomic mass is 16.6. The molecule has 7 nitrogen and oxygen atoms in total. The van der Waals surface area contributed by atoms with Crippen molar-refractivity contribution in [3.63, 3.8) is 0 Å². The fourth-order valence-electron chi connectivity index (χ4n) is 1.77. The Morgan fingerprint density at radius 2 is 1.90 bits per heavy atom. The van der Waals surface area contributed by atoms with E-state index in [1.807, 2.05) is 0 Å². The van der Waals surface area contributed by atoms with Crippen molar-refractivity contribution < 1.29 is 14.8 Å². The van der Waals surface area contributed by atoms with Gasteiger partial charge in [0.2, 0.25) is 0 Å². The molecule has 1 aromatic carbocycles. The number of carbonyl (C=O) groups is 1. The van der Waals surface area contributed by atoms with Crippen molar-refractivity contribution >= 4 is 17.3 Å². The molecule has 0 saturated carbocycles. The van der Waals surface area contributed by atoms with E-state index in [1.54, 1.807) is 39.9 Å². The van der Waals surface area contributed by atoms with Crippen LogP contribution in [-0.4, -0.2) is 54.1 Å². The number of amides is 1. The fraction of sp³-hybridized carbons (Fsp3) is 0.500. The summed E-state index contributed by atoms with van der Waals surface area (Å²) in [5, 5.41) is 20.6. The van der Waals surface area contributed by atoms with Gasteiger partial charge in [-0.05, 0) is 26.0 Å². The minimum atomic E-state index is -0.690. The van der Waals surface area contributed by atoms with Crippen LogP contribution in [0.2, 0.25) is 0 Å². The molecular formula is C14H21N3O4. The van der Waals surface area contributed by atoms with Gasteiger partial charge in [0.05, 0.1) is 17.1 Å². The zero-order valence-electron chi connectivity index (χ0n) is 13.0. The van der Waals surface area contributed by atoms with Gasteiger partial charge in [0, 0.05) is 32.8 Å². The monoisotopic (exact) mass is 295 g/mol. The van der Waals surface area contributed by atoms with E-state index in [0.717, 1.165) is 0 Å². The summed E-state index contributed by atoms with van der Waals surface area (Å²) in [5.74, 6) is -0.235. The molecule has 0 aliphatic carbocycles. The summed E-state index contributed by atoms with van der Waals surface area (Å²) < 4.78 is 0. The van der Waals surface area contributed by atoms with E-state index in [2.05, 4.69) is 0 Å². The first-order chi connectivity index (χ1) is 9.61. The first-order valence-corrected chi connectivity index (χ1v) is 6.46. The van der Waals surface area contributed by atoms with E-state index < -0.39 is 10.5 Å². The summed E-state index contributed by atoms with van der Waals surface area (Å²) in [4.78, 5) is 25.7. The number of hydrogen-bond acceptors (Lipinski definition) is 5. The van der Waals surface area contributed by atoms with E-state index in [9.17, 15) is 20.0 Å². The summed E-state index contributed by atoms with van der Waals surface area (Å²) in [6.07, 6.45) is 0. The number of nitro groups is 1. The second-order valence-corrected chi connectivity index (χ2v) is 5.69. The molecule has 0 spiro atoms. The van der Waals surface area contributed by atoms with Gasteiger partial charge in [0.15, 0.2) is 0 Å². The van der Waals surface area contributed by atoms with Gasteiger partial charge in [-0.25, -0.2) is 0 Å². The van der Waals surface area contributed by atoms with Gasteiger partial charge in [-0.15, -0.1) is 0 Å². The van der Waals surface area contributed by atoms with Gasteiger partial charge < -0.3 is 14.9 Å². The van der Waals surface area contributed by atoms with Gasteiger partial charge in [-0.2, -0.15) is 0 Å². The van der Waals surface area contributed by atoms with E-state index in [0.29, 0.717) is 11.3 Å². The molecule has 21 heavy (non-hydrogen) atoms. The van der Waals surface area contributed by atoms with Crippen molar-refractivity contribution in [2.45, 2.75) is 19.4 Å². The second kappa shape index (κ2) is 6.09. The topological polar surface area (TPSA) is 86.9 Å². The predicted octanol–water partition coefficient (Wildman–Crippen LogP) is 1.50. The van der Waals surface area contributed by atoms with Crippen molar-refractivity contribution in [1.82, 2.24) is 4.90 Å². The highest BCUT2D eigenvalue weighted by Gasteiger charge is 2.29. The molecule has 0 aliphatic heterocycles. The summed E-state index contributed by atoms with van der Waals surface area (Å²) in [6, 6.07) is 4.23. The molecule has 0 aromatic heterocycles. The number of carbonyl (C=O) groups excluding carboxylic acids is 1. The Morgan fingerprint density at radius 1 is 1.33 bits per heavy atom. The van der Waals surface area contributed by atoms with Crippen LogP contribution in [0, 0.1) is 10.1 Å². The SMILES string of the molecule is CN(C)C(=O)c1ccc([N+](=O)[O-])c(N(C)C(C)(C)CO)c1. The van der Waals surface area contributed by atoms with Crippen molar-refractivity contribution in [2.24, 2.45) is 0 Å². The van der Waals surface area contributed by atoms with Crippen molar-refractivity contribution in [2.75, 3.05) is 32.6 Å². The van der Waals surface area contributed by atoms with Crippen molar-refractivity contribution in [3.05, 3.63) is 33.9 Å². The number of rotatable bonds is 5. The molecule has 0 heterocycles. The maximum Gasteiger partial charge on any atom is 0.292 e. The minimum absolute atomic E-state index is 0.102. The largest absolute Gasteiger partial charge is 0.394 e. The molecule has 0 bridgehead atoms. The Labute approximate surface area is 123 Å². The fourth-order valence-corrected chi connectivity index (χ4v) is 1.77. The molecule has 0 fully saturated rings. The Kier molecular flexibility index (Phi) is 4.90. The standard InChI is InChI=1S/C14H21N3O4/c1-14(2,9-18)16(5)12-8-10(13(19)15(3)4)6-7-11(12)17(20)21/h6-8,18H,9H2,1-5H3. The Balaban J connectivity index is 3.42. The molecule has 0 radical (unpaired) electrons. The Hall–Kier alpha value is -2.15. The zero-order valence-corrected chi connectivity index (χ0v) is 13.0. The van der Waals surface area contributed by atoms with E-state index >= 15 is 0 Å². The number of aliphatic hydroxyl groups excluding tert-OH is 1. The van der Waals surface area contributed by atoms with Gasteiger partial charge in [0.25, 0.3) is 11.6 Å². The summed E-state index contributed by atoms with van der Waals surface area (Å²) in [5.41, 5.74) is -0.132. The van der Waals surface area contributed by atoms with E-state index in [4.69, 9.17) is 0 Å². The van der Waals surface area contributed by atoms with Crippen LogP contribution >= 0.6 is 0 Å². The number of anilines is 1. The lowest BCUT2D eigenvalue weighted by atomic mass is 10.0. The Morgan fingerprint density at radius 3 is 2.33 bits per heavy atom. The van der Waals surface area contributed by atoms with E-state index in [-0.39, 0.29) is 18.2 Å². The molecule has 116 valence electrons. The highest BCUT2D eigenvalue weighted by Crippen LogP contribution is 2.32. The van der Waals surface area contributed by atoms with Crippen LogP contribution in [0.25, 0.3) is 0 Å². The normalized spacial score (nSPS) is 11.1. The Bertz CT molecular complexity index is 555. The smallest absolute Gasteiger partial charge is 0.292 e. The molecule has 0 saturated heterocycles. The number of nitro benzene ring substituents is 1. The molecule has 1 rings (SSSR count). The molecular weight excluding hydrogens is 274 g/mol. The lowest BCUT2D eigenvalue weighted by molar-refractivity contribution is -0.384. The number of benzene rings is 1. The van der Waals surface area contributed by atoms with Gasteiger partial charge in [0.1, 0.15) is 5.69 Å². The van der Waals surface area contributed by atoms with Crippen LogP contribution in [0.5, 0.6) is 0 Å². The number of nitrogens with zero attached hydrogens (tertiary/aromatic N) is 3. The first-order valence-electron chi connectivity index (χ1n) is 6.46. The average Bonchev–Trinajstić information content (AvgIpc) is 2.44. The molecule has 1 N–H and O–H groups in total. The number of likely N-dealkylation sites (N-methyl/N-ethyl adjacent to an activating group) is 1. The summed E-state index contributed by atoms with van der Waals surface area (Å²) in [7, 11) is 4.89. The lowest BCUT2D eigenvalue weighted by Crippen LogP contribution is -2.44. The third-order valence-electron chi connectivity index (χ3n) is 3.48. The molecule has 0 aliphatic rings. The summed E-state index contributed by atoms with van der Waals surface area (Å²) >= 11 is 0. The van der Waals surface area contributed by atoms with Crippen LogP contribution in [-0.2, 0) is 0 Å². The number of hydrogen-bond donors (Lipinski definition) is 1. The van der Waals surface area contributed by atoms with Gasteiger partial charge in [-0.3, -0.25) is 14.9 Å². The minimum Gasteiger partial charge on any atom is -0.394 e. The van der Waals surface area contributed by atoms with Crippen molar-refractivity contribution in [1.29, 1.82) is 0 Å².